The summed E-state index contributed by atoms with van der Waals surface area (Å²) in [6, 6.07) is 1.73. The van der Waals surface area contributed by atoms with E-state index in [0.29, 0.717) is 17.9 Å². The smallest absolute Gasteiger partial charge is 0.268 e. The van der Waals surface area contributed by atoms with Crippen LogP contribution in [0.5, 0.6) is 0 Å². The third-order valence-corrected chi connectivity index (χ3v) is 3.09. The molecule has 2 rings (SSSR count). The lowest BCUT2D eigenvalue weighted by Crippen LogP contribution is -2.37. The van der Waals surface area contributed by atoms with Gasteiger partial charge in [0.2, 0.25) is 0 Å². The summed E-state index contributed by atoms with van der Waals surface area (Å²) in [7, 11) is 1.44. The van der Waals surface area contributed by atoms with Gasteiger partial charge in [-0.05, 0) is 13.0 Å². The summed E-state index contributed by atoms with van der Waals surface area (Å²) in [6.07, 6.45) is 0. The van der Waals surface area contributed by atoms with Crippen LogP contribution in [0.3, 0.4) is 0 Å². The normalized spacial score (nSPS) is 12.1. The molecule has 0 saturated heterocycles. The van der Waals surface area contributed by atoms with Crippen molar-refractivity contribution in [3.63, 3.8) is 0 Å². The molecule has 6 heteroatoms. The summed E-state index contributed by atoms with van der Waals surface area (Å²) in [5.41, 5.74) is 0.185. The van der Waals surface area contributed by atoms with E-state index in [4.69, 9.17) is 0 Å². The first kappa shape index (κ1) is 13.5. The molecule has 6 nitrogen and oxygen atoms in total. The Hall–Kier alpha value is -1.98. The van der Waals surface area contributed by atoms with Crippen LogP contribution in [0.2, 0.25) is 0 Å². The molecule has 0 radical (unpaired) electrons. The van der Waals surface area contributed by atoms with Crippen LogP contribution < -0.4 is 11.2 Å². The first-order chi connectivity index (χ1) is 8.75. The Morgan fingerprint density at radius 3 is 2.42 bits per heavy atom. The molecule has 0 aromatic rings. The molecule has 2 aliphatic rings. The first-order valence-corrected chi connectivity index (χ1v) is 6.25. The molecule has 0 amide bonds. The molecule has 0 unspecified atom stereocenters. The molecule has 0 spiro atoms. The Balaban J connectivity index is 2.94. The van der Waals surface area contributed by atoms with Gasteiger partial charge in [0.15, 0.2) is 5.82 Å². The molecule has 0 fully saturated rings. The standard InChI is InChI=1S/C13H18N4O2/c1-6-17-10-8(7-9(15-17)13(2,3)4)11(18)16(5)12(19)14-10/h7H,6H2,1-5H3. The Labute approximate surface area is 111 Å². The van der Waals surface area contributed by atoms with Crippen LogP contribution in [0.1, 0.15) is 33.4 Å². The van der Waals surface area contributed by atoms with E-state index in [9.17, 15) is 9.59 Å². The van der Waals surface area contributed by atoms with Crippen molar-refractivity contribution >= 4 is 0 Å². The van der Waals surface area contributed by atoms with Crippen LogP contribution in [0.4, 0.5) is 0 Å². The molecular weight excluding hydrogens is 244 g/mol. The van der Waals surface area contributed by atoms with E-state index in [-0.39, 0.29) is 11.0 Å². The summed E-state index contributed by atoms with van der Waals surface area (Å²) in [4.78, 5) is 27.7. The number of nitrogens with zero attached hydrogens (tertiary/aromatic N) is 4. The maximum atomic E-state index is 12.2. The van der Waals surface area contributed by atoms with E-state index < -0.39 is 5.69 Å². The third-order valence-electron chi connectivity index (χ3n) is 3.09. The molecule has 102 valence electrons. The predicted octanol–water partition coefficient (Wildman–Crippen LogP) is 0.759. The molecule has 0 atom stereocenters. The van der Waals surface area contributed by atoms with Gasteiger partial charge in [-0.1, -0.05) is 20.8 Å². The number of aromatic nitrogens is 4. The van der Waals surface area contributed by atoms with Crippen LogP contribution in [-0.2, 0) is 19.0 Å². The average Bonchev–Trinajstić information content (AvgIpc) is 2.34. The minimum absolute atomic E-state index is 0.174. The number of fused-ring (bicyclic) bond motifs is 1. The minimum atomic E-state index is -0.551. The highest BCUT2D eigenvalue weighted by Crippen LogP contribution is 2.23. The van der Waals surface area contributed by atoms with Crippen molar-refractivity contribution in [1.82, 2.24) is 19.3 Å². The highest BCUT2D eigenvalue weighted by Gasteiger charge is 2.23. The molecule has 0 aliphatic carbocycles. The van der Waals surface area contributed by atoms with E-state index in [0.717, 1.165) is 10.3 Å². The lowest BCUT2D eigenvalue weighted by molar-refractivity contribution is 0.516. The summed E-state index contributed by atoms with van der Waals surface area (Å²) in [5.74, 6) is 0.351. The van der Waals surface area contributed by atoms with Crippen molar-refractivity contribution in [2.45, 2.75) is 39.7 Å². The van der Waals surface area contributed by atoms with Crippen LogP contribution in [0.15, 0.2) is 15.7 Å². The predicted molar refractivity (Wildman–Crippen MR) is 72.5 cm³/mol. The van der Waals surface area contributed by atoms with Gasteiger partial charge in [-0.15, -0.1) is 0 Å². The highest BCUT2D eigenvalue weighted by molar-refractivity contribution is 5.55. The summed E-state index contributed by atoms with van der Waals surface area (Å²) in [5, 5.41) is 4.47. The van der Waals surface area contributed by atoms with Crippen molar-refractivity contribution in [2.24, 2.45) is 7.05 Å². The summed E-state index contributed by atoms with van der Waals surface area (Å²) in [6.45, 7) is 8.55. The lowest BCUT2D eigenvalue weighted by atomic mass is 9.91. The molecule has 0 aromatic carbocycles. The molecular formula is C13H18N4O2. The van der Waals surface area contributed by atoms with Crippen LogP contribution in [-0.4, -0.2) is 19.3 Å². The van der Waals surface area contributed by atoms with E-state index in [2.05, 4.69) is 10.1 Å². The molecule has 2 aliphatic heterocycles. The van der Waals surface area contributed by atoms with Crippen LogP contribution in [0.25, 0.3) is 11.4 Å². The second-order valence-corrected chi connectivity index (χ2v) is 5.59. The van der Waals surface area contributed by atoms with Crippen LogP contribution in [0, 0.1) is 0 Å². The molecule has 19 heavy (non-hydrogen) atoms. The van der Waals surface area contributed by atoms with E-state index in [1.165, 1.54) is 7.05 Å². The van der Waals surface area contributed by atoms with Gasteiger partial charge >= 0.3 is 5.69 Å². The third kappa shape index (κ3) is 2.18. The van der Waals surface area contributed by atoms with Gasteiger partial charge in [0, 0.05) is 19.0 Å². The van der Waals surface area contributed by atoms with E-state index in [1.807, 2.05) is 27.7 Å². The second-order valence-electron chi connectivity index (χ2n) is 5.59. The van der Waals surface area contributed by atoms with Crippen molar-refractivity contribution < 1.29 is 0 Å². The number of aryl methyl sites for hydroxylation is 1. The molecule has 2 heterocycles. The SMILES string of the molecule is CCn1nc(C(C)(C)C)cc2c(=O)n(C)c(=O)nc1-2. The van der Waals surface area contributed by atoms with Gasteiger partial charge in [-0.3, -0.25) is 9.36 Å². The molecule has 0 aromatic heterocycles. The van der Waals surface area contributed by atoms with Gasteiger partial charge in [-0.25, -0.2) is 9.48 Å². The van der Waals surface area contributed by atoms with E-state index >= 15 is 0 Å². The number of hydrogen-bond acceptors (Lipinski definition) is 4. The van der Waals surface area contributed by atoms with Gasteiger partial charge in [0.05, 0.1) is 11.3 Å². The quantitative estimate of drug-likeness (QED) is 0.760. The first-order valence-electron chi connectivity index (χ1n) is 6.25. The second kappa shape index (κ2) is 4.29. The van der Waals surface area contributed by atoms with Crippen molar-refractivity contribution in [1.29, 1.82) is 0 Å². The Kier molecular flexibility index (Phi) is 3.04. The number of hydrogen-bond donors (Lipinski definition) is 0. The zero-order chi connectivity index (χ0) is 14.4. The average molecular weight is 262 g/mol. The van der Waals surface area contributed by atoms with Gasteiger partial charge in [0.1, 0.15) is 0 Å². The summed E-state index contributed by atoms with van der Waals surface area (Å²) < 4.78 is 2.63. The largest absolute Gasteiger partial charge is 0.352 e. The summed E-state index contributed by atoms with van der Waals surface area (Å²) >= 11 is 0. The van der Waals surface area contributed by atoms with Gasteiger partial charge in [0.25, 0.3) is 5.56 Å². The minimum Gasteiger partial charge on any atom is -0.268 e. The Morgan fingerprint density at radius 1 is 1.26 bits per heavy atom. The molecule has 0 bridgehead atoms. The van der Waals surface area contributed by atoms with Gasteiger partial charge in [-0.2, -0.15) is 10.1 Å². The van der Waals surface area contributed by atoms with Gasteiger partial charge < -0.3 is 0 Å². The Morgan fingerprint density at radius 2 is 1.89 bits per heavy atom. The fourth-order valence-electron chi connectivity index (χ4n) is 1.84. The van der Waals surface area contributed by atoms with Crippen molar-refractivity contribution in [2.75, 3.05) is 0 Å². The van der Waals surface area contributed by atoms with Crippen molar-refractivity contribution in [3.05, 3.63) is 32.6 Å². The van der Waals surface area contributed by atoms with E-state index in [1.54, 1.807) is 10.7 Å². The van der Waals surface area contributed by atoms with Crippen molar-refractivity contribution in [3.8, 4) is 11.4 Å². The highest BCUT2D eigenvalue weighted by atomic mass is 16.2. The molecule has 0 saturated carbocycles. The lowest BCUT2D eigenvalue weighted by Gasteiger charge is -2.21. The maximum Gasteiger partial charge on any atom is 0.352 e. The Bertz CT molecular complexity index is 706. The number of rotatable bonds is 1. The zero-order valence-electron chi connectivity index (χ0n) is 11.9. The fourth-order valence-corrected chi connectivity index (χ4v) is 1.84. The maximum absolute atomic E-state index is 12.2. The monoisotopic (exact) mass is 262 g/mol. The molecule has 0 N–H and O–H groups in total. The zero-order valence-corrected chi connectivity index (χ0v) is 11.9. The topological polar surface area (TPSA) is 69.8 Å². The fraction of sp³-hybridized carbons (Fsp3) is 0.538. The van der Waals surface area contributed by atoms with Crippen LogP contribution >= 0.6 is 0 Å².